The molecule has 0 bridgehead atoms. The van der Waals surface area contributed by atoms with Gasteiger partial charge in [0.2, 0.25) is 12.1 Å². The van der Waals surface area contributed by atoms with Gasteiger partial charge in [-0.25, -0.2) is 0 Å². The molecule has 12 heteroatoms. The lowest BCUT2D eigenvalue weighted by Gasteiger charge is -2.43. The lowest BCUT2D eigenvalue weighted by atomic mass is 9.78. The molecule has 230 valence electrons. The Morgan fingerprint density at radius 2 is 1.66 bits per heavy atom. The summed E-state index contributed by atoms with van der Waals surface area (Å²) in [6, 6.07) is 11.4. The van der Waals surface area contributed by atoms with Crippen molar-refractivity contribution in [3.8, 4) is 17.2 Å². The summed E-state index contributed by atoms with van der Waals surface area (Å²) in [5.41, 5.74) is -0.308. The number of ketones is 2. The molecule has 2 aliphatic rings. The summed E-state index contributed by atoms with van der Waals surface area (Å²) in [4.78, 5) is 40.1. The Bertz CT molecular complexity index is 1690. The van der Waals surface area contributed by atoms with Crippen molar-refractivity contribution in [2.45, 2.75) is 57.8 Å². The standard InChI is InChI=1S/C32H30O12/c1-14-21(44-31-30(39)32(40,41)29(38)15(2)42-31)12-20-25(26(14)35)28(37)23-18(13-33)11-22(43-16(3)34)19(24(23)27(20)36)10-9-17-7-5-4-6-8-17/h4-12,15,29-31,33,35,38-41H,13H2,1-3H3/b10-9+/t15-,29+,30-,31+/m0/s1. The fourth-order valence-electron chi connectivity index (χ4n) is 5.33. The van der Waals surface area contributed by atoms with E-state index in [0.29, 0.717) is 0 Å². The zero-order chi connectivity index (χ0) is 32.1. The van der Waals surface area contributed by atoms with Crippen LogP contribution in [0.5, 0.6) is 17.2 Å². The summed E-state index contributed by atoms with van der Waals surface area (Å²) >= 11 is 0. The van der Waals surface area contributed by atoms with E-state index in [1.807, 2.05) is 6.07 Å². The fraction of sp³-hybridized carbons (Fsp3) is 0.281. The maximum Gasteiger partial charge on any atom is 0.308 e. The number of rotatable bonds is 6. The summed E-state index contributed by atoms with van der Waals surface area (Å²) in [7, 11) is 0. The van der Waals surface area contributed by atoms with Gasteiger partial charge in [-0.2, -0.15) is 0 Å². The quantitative estimate of drug-likeness (QED) is 0.0803. The van der Waals surface area contributed by atoms with Crippen molar-refractivity contribution in [2.75, 3.05) is 0 Å². The molecule has 12 nitrogen and oxygen atoms in total. The highest BCUT2D eigenvalue weighted by molar-refractivity contribution is 6.31. The van der Waals surface area contributed by atoms with E-state index < -0.39 is 60.3 Å². The number of carbonyl (C=O) groups excluding carboxylic acids is 3. The molecule has 0 spiro atoms. The summed E-state index contributed by atoms with van der Waals surface area (Å²) in [6.07, 6.45) is -3.87. The molecule has 0 unspecified atom stereocenters. The van der Waals surface area contributed by atoms with E-state index in [1.54, 1.807) is 30.3 Å². The minimum atomic E-state index is -3.01. The monoisotopic (exact) mass is 606 g/mol. The van der Waals surface area contributed by atoms with Crippen molar-refractivity contribution in [1.82, 2.24) is 0 Å². The number of hydrogen-bond acceptors (Lipinski definition) is 12. The normalized spacial score (nSPS) is 22.5. The minimum absolute atomic E-state index is 0.0111. The number of esters is 1. The highest BCUT2D eigenvalue weighted by atomic mass is 16.7. The molecule has 0 saturated carbocycles. The number of ether oxygens (including phenoxy) is 3. The summed E-state index contributed by atoms with van der Waals surface area (Å²) < 4.78 is 16.5. The number of fused-ring (bicyclic) bond motifs is 2. The molecule has 1 saturated heterocycles. The third kappa shape index (κ3) is 5.17. The van der Waals surface area contributed by atoms with Gasteiger partial charge in [-0.15, -0.1) is 0 Å². The van der Waals surface area contributed by atoms with Crippen molar-refractivity contribution < 1.29 is 59.2 Å². The van der Waals surface area contributed by atoms with Crippen molar-refractivity contribution in [2.24, 2.45) is 0 Å². The molecule has 1 fully saturated rings. The zero-order valence-corrected chi connectivity index (χ0v) is 23.8. The average Bonchev–Trinajstić information content (AvgIpc) is 2.99. The van der Waals surface area contributed by atoms with Crippen LogP contribution in [0.4, 0.5) is 0 Å². The van der Waals surface area contributed by atoms with Crippen LogP contribution in [-0.2, 0) is 16.1 Å². The minimum Gasteiger partial charge on any atom is -0.507 e. The van der Waals surface area contributed by atoms with Crippen LogP contribution in [0.2, 0.25) is 0 Å². The van der Waals surface area contributed by atoms with E-state index in [0.717, 1.165) is 18.6 Å². The van der Waals surface area contributed by atoms with Gasteiger partial charge in [-0.1, -0.05) is 36.4 Å². The predicted molar refractivity (Wildman–Crippen MR) is 153 cm³/mol. The van der Waals surface area contributed by atoms with Crippen LogP contribution in [0.3, 0.4) is 0 Å². The third-order valence-corrected chi connectivity index (χ3v) is 7.67. The Morgan fingerprint density at radius 3 is 2.30 bits per heavy atom. The van der Waals surface area contributed by atoms with Crippen molar-refractivity contribution in [1.29, 1.82) is 0 Å². The summed E-state index contributed by atoms with van der Waals surface area (Å²) in [5.74, 6) is -6.24. The van der Waals surface area contributed by atoms with Gasteiger partial charge in [0.1, 0.15) is 23.4 Å². The molecule has 3 aromatic carbocycles. The largest absolute Gasteiger partial charge is 0.507 e. The molecule has 5 rings (SSSR count). The second-order valence-electron chi connectivity index (χ2n) is 10.6. The summed E-state index contributed by atoms with van der Waals surface area (Å²) in [6.45, 7) is 3.14. The number of aliphatic hydroxyl groups excluding tert-OH is 3. The van der Waals surface area contributed by atoms with Gasteiger partial charge in [0.15, 0.2) is 17.7 Å². The maximum absolute atomic E-state index is 14.2. The Kier molecular flexibility index (Phi) is 8.16. The van der Waals surface area contributed by atoms with E-state index >= 15 is 0 Å². The molecule has 0 aromatic heterocycles. The predicted octanol–water partition coefficient (Wildman–Crippen LogP) is 1.59. The second kappa shape index (κ2) is 11.6. The van der Waals surface area contributed by atoms with Gasteiger partial charge in [-0.05, 0) is 43.2 Å². The Morgan fingerprint density at radius 1 is 0.977 bits per heavy atom. The molecule has 1 aliphatic carbocycles. The van der Waals surface area contributed by atoms with Gasteiger partial charge in [0.25, 0.3) is 0 Å². The molecule has 3 aromatic rings. The highest BCUT2D eigenvalue weighted by Crippen LogP contribution is 2.44. The van der Waals surface area contributed by atoms with Gasteiger partial charge >= 0.3 is 5.97 Å². The van der Waals surface area contributed by atoms with E-state index in [9.17, 15) is 45.0 Å². The number of aromatic hydroxyl groups is 1. The Balaban J connectivity index is 1.67. The second-order valence-corrected chi connectivity index (χ2v) is 10.6. The Hall–Kier alpha value is -4.43. The maximum atomic E-state index is 14.2. The van der Waals surface area contributed by atoms with Gasteiger partial charge < -0.3 is 44.8 Å². The SMILES string of the molecule is CC(=O)Oc1cc(CO)c2c(c1/C=C/c1ccccc1)C(=O)c1cc(O[C@H]3O[C@@H](C)[C@@H](O)C(O)(O)[C@H]3O)c(C)c(O)c1C2=O. The van der Waals surface area contributed by atoms with Gasteiger partial charge in [0.05, 0.1) is 18.3 Å². The van der Waals surface area contributed by atoms with Crippen molar-refractivity contribution in [3.63, 3.8) is 0 Å². The lowest BCUT2D eigenvalue weighted by molar-refractivity contribution is -0.371. The first-order valence-corrected chi connectivity index (χ1v) is 13.6. The number of carbonyl (C=O) groups is 3. The Labute approximate surface area is 251 Å². The van der Waals surface area contributed by atoms with Crippen LogP contribution in [0.25, 0.3) is 12.2 Å². The van der Waals surface area contributed by atoms with E-state index in [2.05, 4.69) is 0 Å². The van der Waals surface area contributed by atoms with Crippen LogP contribution < -0.4 is 9.47 Å². The van der Waals surface area contributed by atoms with Crippen LogP contribution in [-0.4, -0.2) is 78.6 Å². The molecule has 1 aliphatic heterocycles. The smallest absolute Gasteiger partial charge is 0.308 e. The number of hydrogen-bond donors (Lipinski definition) is 6. The zero-order valence-electron chi connectivity index (χ0n) is 23.8. The number of aliphatic hydroxyl groups is 5. The number of phenolic OH excluding ortho intramolecular Hbond substituents is 1. The molecular weight excluding hydrogens is 576 g/mol. The number of benzene rings is 3. The van der Waals surface area contributed by atoms with Crippen molar-refractivity contribution in [3.05, 3.63) is 87.0 Å². The van der Waals surface area contributed by atoms with Crippen LogP contribution >= 0.6 is 0 Å². The molecule has 0 radical (unpaired) electrons. The first-order valence-electron chi connectivity index (χ1n) is 13.6. The molecular formula is C32H30O12. The first kappa shape index (κ1) is 31.0. The molecule has 4 atom stereocenters. The average molecular weight is 607 g/mol. The molecule has 0 amide bonds. The van der Waals surface area contributed by atoms with E-state index in [1.165, 1.54) is 26.0 Å². The highest BCUT2D eigenvalue weighted by Gasteiger charge is 2.54. The van der Waals surface area contributed by atoms with Crippen LogP contribution in [0, 0.1) is 6.92 Å². The topological polar surface area (TPSA) is 200 Å². The van der Waals surface area contributed by atoms with Crippen molar-refractivity contribution >= 4 is 29.7 Å². The van der Waals surface area contributed by atoms with E-state index in [-0.39, 0.29) is 50.4 Å². The molecule has 44 heavy (non-hydrogen) atoms. The molecule has 6 N–H and O–H groups in total. The van der Waals surface area contributed by atoms with E-state index in [4.69, 9.17) is 14.2 Å². The molecule has 1 heterocycles. The first-order chi connectivity index (χ1) is 20.8. The van der Waals surface area contributed by atoms with Gasteiger partial charge in [0, 0.05) is 34.7 Å². The number of phenols is 1. The third-order valence-electron chi connectivity index (χ3n) is 7.67. The summed E-state index contributed by atoms with van der Waals surface area (Å²) in [5, 5.41) is 62.2. The fourth-order valence-corrected chi connectivity index (χ4v) is 5.33. The van der Waals surface area contributed by atoms with Crippen LogP contribution in [0.1, 0.15) is 67.9 Å². The lowest BCUT2D eigenvalue weighted by Crippen LogP contribution is -2.66. The van der Waals surface area contributed by atoms with Gasteiger partial charge in [-0.3, -0.25) is 14.4 Å². The van der Waals surface area contributed by atoms with Crippen LogP contribution in [0.15, 0.2) is 42.5 Å².